The molecular weight excluding hydrogens is 328 g/mol. The van der Waals surface area contributed by atoms with Gasteiger partial charge in [0, 0.05) is 18.9 Å². The van der Waals surface area contributed by atoms with Crippen LogP contribution >= 0.6 is 0 Å². The van der Waals surface area contributed by atoms with Gasteiger partial charge >= 0.3 is 0 Å². The Morgan fingerprint density at radius 3 is 2.46 bits per heavy atom. The molecule has 26 heavy (non-hydrogen) atoms. The molecule has 0 unspecified atom stereocenters. The summed E-state index contributed by atoms with van der Waals surface area (Å²) in [7, 11) is 0. The van der Waals surface area contributed by atoms with Gasteiger partial charge in [0.2, 0.25) is 5.95 Å². The van der Waals surface area contributed by atoms with Crippen LogP contribution in [0.25, 0.3) is 0 Å². The molecule has 0 saturated heterocycles. The number of nitrogens with zero attached hydrogens (tertiary/aromatic N) is 2. The van der Waals surface area contributed by atoms with Crippen LogP contribution in [0.1, 0.15) is 10.4 Å². The van der Waals surface area contributed by atoms with Gasteiger partial charge in [-0.05, 0) is 24.3 Å². The van der Waals surface area contributed by atoms with E-state index in [1.54, 1.807) is 18.2 Å². The van der Waals surface area contributed by atoms with Crippen molar-refractivity contribution in [2.75, 3.05) is 17.2 Å². The van der Waals surface area contributed by atoms with Crippen LogP contribution in [0.15, 0.2) is 79.6 Å². The molecule has 130 valence electrons. The van der Waals surface area contributed by atoms with Crippen molar-refractivity contribution in [3.63, 3.8) is 0 Å². The SMILES string of the molecule is C=CCNc1ncc(C(=O)Nc2ccccc2Oc2ccccc2)cn1. The number of para-hydroxylation sites is 3. The lowest BCUT2D eigenvalue weighted by molar-refractivity contribution is 0.102. The van der Waals surface area contributed by atoms with Gasteiger partial charge in [-0.25, -0.2) is 9.97 Å². The zero-order valence-electron chi connectivity index (χ0n) is 14.1. The first-order valence-corrected chi connectivity index (χ1v) is 8.06. The van der Waals surface area contributed by atoms with E-state index in [-0.39, 0.29) is 5.91 Å². The van der Waals surface area contributed by atoms with E-state index in [1.165, 1.54) is 12.4 Å². The summed E-state index contributed by atoms with van der Waals surface area (Å²) in [5, 5.41) is 5.78. The fourth-order valence-electron chi connectivity index (χ4n) is 2.17. The van der Waals surface area contributed by atoms with Crippen molar-refractivity contribution in [1.82, 2.24) is 9.97 Å². The van der Waals surface area contributed by atoms with Crippen molar-refractivity contribution >= 4 is 17.5 Å². The maximum Gasteiger partial charge on any atom is 0.258 e. The van der Waals surface area contributed by atoms with Crippen LogP contribution in [-0.4, -0.2) is 22.4 Å². The highest BCUT2D eigenvalue weighted by Crippen LogP contribution is 2.29. The summed E-state index contributed by atoms with van der Waals surface area (Å²) in [6.45, 7) is 4.16. The Labute approximate surface area is 151 Å². The molecule has 2 aromatic carbocycles. The summed E-state index contributed by atoms with van der Waals surface area (Å²) >= 11 is 0. The van der Waals surface area contributed by atoms with Crippen LogP contribution < -0.4 is 15.4 Å². The lowest BCUT2D eigenvalue weighted by Crippen LogP contribution is -2.14. The van der Waals surface area contributed by atoms with E-state index >= 15 is 0 Å². The van der Waals surface area contributed by atoms with E-state index < -0.39 is 0 Å². The summed E-state index contributed by atoms with van der Waals surface area (Å²) in [4.78, 5) is 20.7. The third-order valence-electron chi connectivity index (χ3n) is 3.42. The number of ether oxygens (including phenoxy) is 1. The van der Waals surface area contributed by atoms with Gasteiger partial charge in [-0.1, -0.05) is 36.4 Å². The number of nitrogens with one attached hydrogen (secondary N) is 2. The molecule has 1 amide bonds. The van der Waals surface area contributed by atoms with Crippen LogP contribution in [0.3, 0.4) is 0 Å². The highest BCUT2D eigenvalue weighted by atomic mass is 16.5. The van der Waals surface area contributed by atoms with Crippen molar-refractivity contribution < 1.29 is 9.53 Å². The number of amides is 1. The highest BCUT2D eigenvalue weighted by molar-refractivity contribution is 6.04. The van der Waals surface area contributed by atoms with Crippen molar-refractivity contribution in [2.45, 2.75) is 0 Å². The summed E-state index contributed by atoms with van der Waals surface area (Å²) in [6.07, 6.45) is 4.64. The molecule has 3 rings (SSSR count). The maximum absolute atomic E-state index is 12.5. The standard InChI is InChI=1S/C20H18N4O2/c1-2-12-21-20-22-13-15(14-23-20)19(25)24-17-10-6-7-11-18(17)26-16-8-4-3-5-9-16/h2-11,13-14H,1,12H2,(H,24,25)(H,21,22,23). The molecule has 0 bridgehead atoms. The predicted octanol–water partition coefficient (Wildman–Crippen LogP) is 4.12. The van der Waals surface area contributed by atoms with E-state index in [0.29, 0.717) is 35.2 Å². The normalized spacial score (nSPS) is 10.0. The van der Waals surface area contributed by atoms with Crippen molar-refractivity contribution in [3.8, 4) is 11.5 Å². The smallest absolute Gasteiger partial charge is 0.258 e. The van der Waals surface area contributed by atoms with Crippen molar-refractivity contribution in [1.29, 1.82) is 0 Å². The molecule has 2 N–H and O–H groups in total. The van der Waals surface area contributed by atoms with Gasteiger partial charge in [0.15, 0.2) is 5.75 Å². The van der Waals surface area contributed by atoms with Crippen LogP contribution in [0.5, 0.6) is 11.5 Å². The van der Waals surface area contributed by atoms with E-state index in [4.69, 9.17) is 4.74 Å². The fourth-order valence-corrected chi connectivity index (χ4v) is 2.17. The average molecular weight is 346 g/mol. The Morgan fingerprint density at radius 2 is 1.73 bits per heavy atom. The molecule has 1 heterocycles. The zero-order valence-corrected chi connectivity index (χ0v) is 14.1. The quantitative estimate of drug-likeness (QED) is 0.629. The number of hydrogen-bond donors (Lipinski definition) is 2. The molecule has 0 saturated carbocycles. The van der Waals surface area contributed by atoms with Gasteiger partial charge in [0.25, 0.3) is 5.91 Å². The predicted molar refractivity (Wildman–Crippen MR) is 102 cm³/mol. The van der Waals surface area contributed by atoms with Crippen LogP contribution in [0.4, 0.5) is 11.6 Å². The monoisotopic (exact) mass is 346 g/mol. The fraction of sp³-hybridized carbons (Fsp3) is 0.0500. The van der Waals surface area contributed by atoms with E-state index in [2.05, 4.69) is 27.2 Å². The molecule has 0 aliphatic rings. The molecule has 0 spiro atoms. The first-order chi connectivity index (χ1) is 12.8. The molecule has 1 aromatic heterocycles. The number of carbonyl (C=O) groups excluding carboxylic acids is 1. The average Bonchev–Trinajstić information content (AvgIpc) is 2.69. The lowest BCUT2D eigenvalue weighted by atomic mass is 10.2. The van der Waals surface area contributed by atoms with Crippen LogP contribution in [-0.2, 0) is 0 Å². The summed E-state index contributed by atoms with van der Waals surface area (Å²) in [6, 6.07) is 16.6. The van der Waals surface area contributed by atoms with E-state index in [1.807, 2.05) is 42.5 Å². The minimum Gasteiger partial charge on any atom is -0.455 e. The van der Waals surface area contributed by atoms with Crippen LogP contribution in [0.2, 0.25) is 0 Å². The summed E-state index contributed by atoms with van der Waals surface area (Å²) in [5.74, 6) is 1.37. The van der Waals surface area contributed by atoms with Crippen molar-refractivity contribution in [3.05, 3.63) is 85.2 Å². The lowest BCUT2D eigenvalue weighted by Gasteiger charge is -2.12. The first kappa shape index (κ1) is 17.2. The zero-order chi connectivity index (χ0) is 18.2. The molecule has 0 atom stereocenters. The highest BCUT2D eigenvalue weighted by Gasteiger charge is 2.11. The van der Waals surface area contributed by atoms with Gasteiger partial charge in [-0.2, -0.15) is 0 Å². The molecule has 6 heteroatoms. The topological polar surface area (TPSA) is 76.1 Å². The molecule has 0 aliphatic carbocycles. The second-order valence-electron chi connectivity index (χ2n) is 5.33. The van der Waals surface area contributed by atoms with Gasteiger partial charge < -0.3 is 15.4 Å². The Hall–Kier alpha value is -3.67. The number of aromatic nitrogens is 2. The van der Waals surface area contributed by atoms with Gasteiger partial charge in [-0.15, -0.1) is 6.58 Å². The number of anilines is 2. The second-order valence-corrected chi connectivity index (χ2v) is 5.33. The Kier molecular flexibility index (Phi) is 5.57. The molecule has 6 nitrogen and oxygen atoms in total. The third-order valence-corrected chi connectivity index (χ3v) is 3.42. The number of benzene rings is 2. The van der Waals surface area contributed by atoms with Crippen LogP contribution in [0, 0.1) is 0 Å². The number of hydrogen-bond acceptors (Lipinski definition) is 5. The van der Waals surface area contributed by atoms with Gasteiger partial charge in [0.05, 0.1) is 11.3 Å². The first-order valence-electron chi connectivity index (χ1n) is 8.06. The Balaban J connectivity index is 1.72. The van der Waals surface area contributed by atoms with Crippen molar-refractivity contribution in [2.24, 2.45) is 0 Å². The van der Waals surface area contributed by atoms with Gasteiger partial charge in [-0.3, -0.25) is 4.79 Å². The van der Waals surface area contributed by atoms with E-state index in [0.717, 1.165) is 0 Å². The minimum absolute atomic E-state index is 0.315. The molecule has 0 radical (unpaired) electrons. The Morgan fingerprint density at radius 1 is 1.04 bits per heavy atom. The minimum atomic E-state index is -0.315. The summed E-state index contributed by atoms with van der Waals surface area (Å²) in [5.41, 5.74) is 0.916. The molecule has 0 fully saturated rings. The molecular formula is C20H18N4O2. The maximum atomic E-state index is 12.5. The number of carbonyl (C=O) groups is 1. The number of rotatable bonds is 7. The molecule has 0 aliphatic heterocycles. The largest absolute Gasteiger partial charge is 0.455 e. The summed E-state index contributed by atoms with van der Waals surface area (Å²) < 4.78 is 5.84. The third kappa shape index (κ3) is 4.45. The van der Waals surface area contributed by atoms with E-state index in [9.17, 15) is 4.79 Å². The van der Waals surface area contributed by atoms with Gasteiger partial charge in [0.1, 0.15) is 5.75 Å². The molecule has 3 aromatic rings. The Bertz CT molecular complexity index is 880. The second kappa shape index (κ2) is 8.43.